The molecule has 0 atom stereocenters. The smallest absolute Gasteiger partial charge is 0.251 e. The molecule has 0 aliphatic rings. The van der Waals surface area contributed by atoms with Crippen molar-refractivity contribution in [3.8, 4) is 17.3 Å². The molecule has 2 N–H and O–H groups in total. The van der Waals surface area contributed by atoms with Gasteiger partial charge in [0.1, 0.15) is 10.9 Å². The summed E-state index contributed by atoms with van der Waals surface area (Å²) in [5.41, 5.74) is 0.197. The number of nitriles is 2. The summed E-state index contributed by atoms with van der Waals surface area (Å²) in [5.74, 6) is 0.421. The lowest BCUT2D eigenvalue weighted by Crippen LogP contribution is -2.25. The van der Waals surface area contributed by atoms with E-state index >= 15 is 0 Å². The average Bonchev–Trinajstić information content (AvgIpc) is 3.37. The Morgan fingerprint density at radius 3 is 2.73 bits per heavy atom. The number of carbonyl (C=O) groups excluding carboxylic acids is 1. The zero-order valence-corrected chi connectivity index (χ0v) is 18.0. The molecule has 0 unspecified atom stereocenters. The molecule has 0 spiro atoms. The summed E-state index contributed by atoms with van der Waals surface area (Å²) in [6, 6.07) is 9.09. The van der Waals surface area contributed by atoms with Gasteiger partial charge in [-0.25, -0.2) is 4.98 Å². The number of aromatic nitrogens is 4. The lowest BCUT2D eigenvalue weighted by atomic mass is 9.85. The van der Waals surface area contributed by atoms with Crippen LogP contribution in [0.25, 0.3) is 5.13 Å². The first-order valence-corrected chi connectivity index (χ1v) is 9.97. The zero-order valence-electron chi connectivity index (χ0n) is 16.4. The van der Waals surface area contributed by atoms with Crippen molar-refractivity contribution in [2.24, 2.45) is 0 Å². The van der Waals surface area contributed by atoms with Crippen molar-refractivity contribution < 1.29 is 4.79 Å². The Kier molecular flexibility index (Phi) is 6.01. The lowest BCUT2D eigenvalue weighted by Gasteiger charge is -2.17. The summed E-state index contributed by atoms with van der Waals surface area (Å²) in [5, 5.41) is 29.1. The minimum atomic E-state index is -0.787. The number of hydrogen-bond donors (Lipinski definition) is 2. The van der Waals surface area contributed by atoms with Gasteiger partial charge in [-0.15, -0.1) is 5.10 Å². The maximum absolute atomic E-state index is 12.7. The second-order valence-corrected chi connectivity index (χ2v) is 8.23. The highest BCUT2D eigenvalue weighted by atomic mass is 35.5. The highest BCUT2D eigenvalue weighted by molar-refractivity contribution is 7.14. The molecule has 3 rings (SSSR count). The molecule has 1 aromatic carbocycles. The first-order chi connectivity index (χ1) is 14.3. The summed E-state index contributed by atoms with van der Waals surface area (Å²) < 4.78 is 1.47. The number of rotatable bonds is 6. The van der Waals surface area contributed by atoms with Gasteiger partial charge in [0.2, 0.25) is 11.1 Å². The molecule has 0 saturated heterocycles. The van der Waals surface area contributed by atoms with E-state index in [0.717, 1.165) is 11.3 Å². The monoisotopic (exact) mass is 440 g/mol. The molecular formula is C19H17ClN8OS. The second-order valence-electron chi connectivity index (χ2n) is 6.78. The van der Waals surface area contributed by atoms with Crippen LogP contribution in [0.5, 0.6) is 0 Å². The van der Waals surface area contributed by atoms with Crippen molar-refractivity contribution in [1.82, 2.24) is 25.1 Å². The molecule has 3 aromatic rings. The first-order valence-electron chi connectivity index (χ1n) is 8.78. The van der Waals surface area contributed by atoms with Gasteiger partial charge in [0.15, 0.2) is 5.82 Å². The maximum Gasteiger partial charge on any atom is 0.251 e. The molecular weight excluding hydrogens is 424 g/mol. The van der Waals surface area contributed by atoms with E-state index in [-0.39, 0.29) is 12.5 Å². The van der Waals surface area contributed by atoms with Gasteiger partial charge in [0.05, 0.1) is 24.2 Å². The summed E-state index contributed by atoms with van der Waals surface area (Å²) in [4.78, 5) is 21.7. The Morgan fingerprint density at radius 1 is 1.33 bits per heavy atom. The molecule has 11 heteroatoms. The highest BCUT2D eigenvalue weighted by Gasteiger charge is 2.22. The van der Waals surface area contributed by atoms with E-state index in [0.29, 0.717) is 37.9 Å². The fourth-order valence-corrected chi connectivity index (χ4v) is 3.46. The molecule has 30 heavy (non-hydrogen) atoms. The molecule has 9 nitrogen and oxygen atoms in total. The molecule has 152 valence electrons. The molecule has 0 radical (unpaired) electrons. The van der Waals surface area contributed by atoms with Crippen LogP contribution in [0.2, 0.25) is 5.02 Å². The third-order valence-electron chi connectivity index (χ3n) is 4.25. The van der Waals surface area contributed by atoms with E-state index < -0.39 is 5.41 Å². The highest BCUT2D eigenvalue weighted by Crippen LogP contribution is 2.26. The van der Waals surface area contributed by atoms with Crippen LogP contribution in [-0.4, -0.2) is 32.7 Å². The van der Waals surface area contributed by atoms with E-state index in [1.165, 1.54) is 16.9 Å². The predicted molar refractivity (Wildman–Crippen MR) is 113 cm³/mol. The fraction of sp³-hybridized carbons (Fsp3) is 0.263. The molecule has 0 fully saturated rings. The normalized spacial score (nSPS) is 10.9. The van der Waals surface area contributed by atoms with Crippen LogP contribution in [-0.2, 0) is 12.0 Å². The first kappa shape index (κ1) is 21.2. The van der Waals surface area contributed by atoms with E-state index in [9.17, 15) is 10.1 Å². The number of nitrogens with one attached hydrogen (secondary N) is 2. The maximum atomic E-state index is 12.7. The van der Waals surface area contributed by atoms with Gasteiger partial charge in [-0.3, -0.25) is 4.79 Å². The molecule has 2 aromatic heterocycles. The van der Waals surface area contributed by atoms with E-state index in [2.05, 4.69) is 31.8 Å². The van der Waals surface area contributed by atoms with Gasteiger partial charge < -0.3 is 10.6 Å². The predicted octanol–water partition coefficient (Wildman–Crippen LogP) is 3.02. The number of halogens is 1. The van der Waals surface area contributed by atoms with Crippen LogP contribution < -0.4 is 10.6 Å². The Hall–Kier alpha value is -3.47. The van der Waals surface area contributed by atoms with Gasteiger partial charge in [-0.1, -0.05) is 22.9 Å². The average molecular weight is 441 g/mol. The fourth-order valence-electron chi connectivity index (χ4n) is 2.54. The molecule has 0 aliphatic heterocycles. The van der Waals surface area contributed by atoms with Crippen LogP contribution in [0.15, 0.2) is 24.4 Å². The number of nitrogens with zero attached hydrogens (tertiary/aromatic N) is 6. The zero-order chi connectivity index (χ0) is 21.9. The van der Waals surface area contributed by atoms with Gasteiger partial charge in [0.25, 0.3) is 5.91 Å². The summed E-state index contributed by atoms with van der Waals surface area (Å²) in [7, 11) is 1.68. The number of benzene rings is 1. The van der Waals surface area contributed by atoms with Crippen LogP contribution in [0.1, 0.15) is 40.5 Å². The van der Waals surface area contributed by atoms with Gasteiger partial charge in [-0.05, 0) is 37.6 Å². The third-order valence-corrected chi connectivity index (χ3v) is 5.35. The SMILES string of the molecule is CNc1nc(CNC(=O)c2cc(Cl)cc(C(C)(C)C#N)c2)n(-c2ncc(C#N)s2)n1. The topological polar surface area (TPSA) is 132 Å². The largest absolute Gasteiger partial charge is 0.356 e. The van der Waals surface area contributed by atoms with Crippen molar-refractivity contribution in [2.45, 2.75) is 25.8 Å². The minimum Gasteiger partial charge on any atom is -0.356 e. The second kappa shape index (κ2) is 8.49. The Labute approximate surface area is 182 Å². The van der Waals surface area contributed by atoms with Crippen molar-refractivity contribution in [1.29, 1.82) is 10.5 Å². The van der Waals surface area contributed by atoms with Gasteiger partial charge in [0, 0.05) is 17.6 Å². The summed E-state index contributed by atoms with van der Waals surface area (Å²) >= 11 is 7.32. The molecule has 0 bridgehead atoms. The Morgan fingerprint density at radius 2 is 2.10 bits per heavy atom. The van der Waals surface area contributed by atoms with Crippen LogP contribution >= 0.6 is 22.9 Å². The molecule has 0 saturated carbocycles. The number of anilines is 1. The van der Waals surface area contributed by atoms with E-state index in [1.807, 2.05) is 6.07 Å². The Balaban J connectivity index is 1.84. The summed E-state index contributed by atoms with van der Waals surface area (Å²) in [6.45, 7) is 3.58. The van der Waals surface area contributed by atoms with Crippen molar-refractivity contribution in [2.75, 3.05) is 12.4 Å². The molecule has 1 amide bonds. The van der Waals surface area contributed by atoms with Crippen LogP contribution in [0, 0.1) is 22.7 Å². The van der Waals surface area contributed by atoms with E-state index in [1.54, 1.807) is 33.0 Å². The lowest BCUT2D eigenvalue weighted by molar-refractivity contribution is 0.0949. The van der Waals surface area contributed by atoms with Crippen molar-refractivity contribution in [3.63, 3.8) is 0 Å². The standard InChI is InChI=1S/C19H17ClN8OS/c1-19(2,10-22)12-4-11(5-13(20)6-12)16(29)24-9-15-26-17(23-3)27-28(15)18-25-8-14(7-21)30-18/h4-6,8H,9H2,1-3H3,(H,23,27)(H,24,29). The number of thiazole rings is 1. The van der Waals surface area contributed by atoms with Crippen LogP contribution in [0.3, 0.4) is 0 Å². The van der Waals surface area contributed by atoms with Crippen molar-refractivity contribution in [3.05, 3.63) is 51.2 Å². The quantitative estimate of drug-likeness (QED) is 0.601. The van der Waals surface area contributed by atoms with E-state index in [4.69, 9.17) is 16.9 Å². The van der Waals surface area contributed by atoms with Gasteiger partial charge in [-0.2, -0.15) is 20.2 Å². The molecule has 2 heterocycles. The molecule has 0 aliphatic carbocycles. The van der Waals surface area contributed by atoms with Crippen LogP contribution in [0.4, 0.5) is 5.95 Å². The minimum absolute atomic E-state index is 0.0679. The third kappa shape index (κ3) is 4.40. The number of hydrogen-bond acceptors (Lipinski definition) is 8. The summed E-state index contributed by atoms with van der Waals surface area (Å²) in [6.07, 6.45) is 1.45. The number of amides is 1. The van der Waals surface area contributed by atoms with Crippen molar-refractivity contribution >= 4 is 34.8 Å². The number of carbonyl (C=O) groups is 1. The Bertz CT molecular complexity index is 1180. The van der Waals surface area contributed by atoms with Gasteiger partial charge >= 0.3 is 0 Å².